The summed E-state index contributed by atoms with van der Waals surface area (Å²) in [5.41, 5.74) is 0. The number of guanidine groups is 1. The van der Waals surface area contributed by atoms with E-state index in [1.54, 1.807) is 11.3 Å². The molecule has 2 rings (SSSR count). The average Bonchev–Trinajstić information content (AvgIpc) is 3.13. The molecule has 7 nitrogen and oxygen atoms in total. The third-order valence-electron chi connectivity index (χ3n) is 4.05. The van der Waals surface area contributed by atoms with E-state index in [2.05, 4.69) is 40.1 Å². The van der Waals surface area contributed by atoms with Gasteiger partial charge in [-0.15, -0.1) is 11.3 Å². The number of hydrogen-bond acceptors (Lipinski definition) is 5. The summed E-state index contributed by atoms with van der Waals surface area (Å²) in [6, 6.07) is 4.21. The molecule has 148 valence electrons. The predicted octanol–water partition coefficient (Wildman–Crippen LogP) is 1.14. The first-order valence-electron chi connectivity index (χ1n) is 9.11. The Kier molecular flexibility index (Phi) is 8.83. The second kappa shape index (κ2) is 10.9. The Balaban J connectivity index is 1.79. The van der Waals surface area contributed by atoms with Gasteiger partial charge in [-0.2, -0.15) is 4.31 Å². The molecular formula is C17H30N4O3S2. The first kappa shape index (κ1) is 21.1. The summed E-state index contributed by atoms with van der Waals surface area (Å²) in [7, 11) is -3.25. The van der Waals surface area contributed by atoms with E-state index in [0.717, 1.165) is 13.0 Å². The summed E-state index contributed by atoms with van der Waals surface area (Å²) in [6.07, 6.45) is 1.01. The Bertz CT molecular complexity index is 641. The zero-order valence-corrected chi connectivity index (χ0v) is 17.2. The molecule has 0 spiro atoms. The van der Waals surface area contributed by atoms with Gasteiger partial charge in [-0.25, -0.2) is 8.42 Å². The SMILES string of the molecule is CCNC(=NCC(C)Cc1cccs1)NCCS(=O)(=O)N1CCOCC1. The number of rotatable bonds is 9. The third kappa shape index (κ3) is 7.22. The molecule has 1 aromatic heterocycles. The molecule has 0 radical (unpaired) electrons. The number of thiophene rings is 1. The molecule has 2 heterocycles. The fourth-order valence-electron chi connectivity index (χ4n) is 2.68. The number of morpholine rings is 1. The van der Waals surface area contributed by atoms with Crippen molar-refractivity contribution in [1.29, 1.82) is 0 Å². The van der Waals surface area contributed by atoms with Crippen molar-refractivity contribution in [3.05, 3.63) is 22.4 Å². The van der Waals surface area contributed by atoms with Crippen LogP contribution in [0.4, 0.5) is 0 Å². The van der Waals surface area contributed by atoms with Gasteiger partial charge < -0.3 is 15.4 Å². The van der Waals surface area contributed by atoms with Gasteiger partial charge >= 0.3 is 0 Å². The molecular weight excluding hydrogens is 372 g/mol. The molecule has 0 aromatic carbocycles. The number of aliphatic imine (C=N–C) groups is 1. The van der Waals surface area contributed by atoms with Crippen LogP contribution in [0.3, 0.4) is 0 Å². The maximum absolute atomic E-state index is 12.3. The maximum atomic E-state index is 12.3. The molecule has 9 heteroatoms. The Morgan fingerprint density at radius 1 is 1.38 bits per heavy atom. The van der Waals surface area contributed by atoms with E-state index >= 15 is 0 Å². The van der Waals surface area contributed by atoms with Crippen molar-refractivity contribution in [1.82, 2.24) is 14.9 Å². The van der Waals surface area contributed by atoms with Crippen molar-refractivity contribution in [2.45, 2.75) is 20.3 Å². The van der Waals surface area contributed by atoms with Gasteiger partial charge in [0.05, 0.1) is 19.0 Å². The van der Waals surface area contributed by atoms with Gasteiger partial charge in [0.25, 0.3) is 0 Å². The highest BCUT2D eigenvalue weighted by atomic mass is 32.2. The van der Waals surface area contributed by atoms with Crippen LogP contribution >= 0.6 is 11.3 Å². The van der Waals surface area contributed by atoms with Gasteiger partial charge in [0.1, 0.15) is 0 Å². The molecule has 1 aromatic rings. The maximum Gasteiger partial charge on any atom is 0.215 e. The van der Waals surface area contributed by atoms with E-state index in [0.29, 0.717) is 51.3 Å². The van der Waals surface area contributed by atoms with Crippen LogP contribution in [0.2, 0.25) is 0 Å². The Labute approximate surface area is 160 Å². The minimum absolute atomic E-state index is 0.0577. The van der Waals surface area contributed by atoms with Crippen molar-refractivity contribution in [2.24, 2.45) is 10.9 Å². The topological polar surface area (TPSA) is 83.0 Å². The fourth-order valence-corrected chi connectivity index (χ4v) is 4.87. The summed E-state index contributed by atoms with van der Waals surface area (Å²) in [4.78, 5) is 5.96. The van der Waals surface area contributed by atoms with Crippen LogP contribution in [0.15, 0.2) is 22.5 Å². The lowest BCUT2D eigenvalue weighted by Crippen LogP contribution is -2.45. The van der Waals surface area contributed by atoms with Crippen LogP contribution in [0.1, 0.15) is 18.7 Å². The fraction of sp³-hybridized carbons (Fsp3) is 0.706. The molecule has 0 saturated carbocycles. The van der Waals surface area contributed by atoms with Gasteiger partial charge in [0.15, 0.2) is 5.96 Å². The van der Waals surface area contributed by atoms with Crippen molar-refractivity contribution in [3.8, 4) is 0 Å². The highest BCUT2D eigenvalue weighted by Crippen LogP contribution is 2.14. The summed E-state index contributed by atoms with van der Waals surface area (Å²) in [5, 5.41) is 8.40. The van der Waals surface area contributed by atoms with Crippen LogP contribution in [0.25, 0.3) is 0 Å². The highest BCUT2D eigenvalue weighted by Gasteiger charge is 2.23. The summed E-state index contributed by atoms with van der Waals surface area (Å²) in [5.74, 6) is 1.16. The number of ether oxygens (including phenoxy) is 1. The minimum atomic E-state index is -3.25. The predicted molar refractivity (Wildman–Crippen MR) is 107 cm³/mol. The van der Waals surface area contributed by atoms with Crippen molar-refractivity contribution in [2.75, 3.05) is 51.7 Å². The highest BCUT2D eigenvalue weighted by molar-refractivity contribution is 7.89. The van der Waals surface area contributed by atoms with Gasteiger partial charge in [-0.3, -0.25) is 4.99 Å². The van der Waals surface area contributed by atoms with Gasteiger partial charge in [-0.05, 0) is 30.7 Å². The van der Waals surface area contributed by atoms with Gasteiger partial charge in [-0.1, -0.05) is 13.0 Å². The molecule has 1 fully saturated rings. The number of nitrogens with one attached hydrogen (secondary N) is 2. The normalized spacial score (nSPS) is 17.8. The minimum Gasteiger partial charge on any atom is -0.379 e. The molecule has 1 aliphatic heterocycles. The van der Waals surface area contributed by atoms with E-state index in [1.807, 2.05) is 6.92 Å². The summed E-state index contributed by atoms with van der Waals surface area (Å²) < 4.78 is 31.4. The average molecular weight is 403 g/mol. The first-order chi connectivity index (χ1) is 12.5. The molecule has 1 unspecified atom stereocenters. The summed E-state index contributed by atoms with van der Waals surface area (Å²) in [6.45, 7) is 7.77. The van der Waals surface area contributed by atoms with Crippen molar-refractivity contribution < 1.29 is 13.2 Å². The number of hydrogen-bond donors (Lipinski definition) is 2. The quantitative estimate of drug-likeness (QED) is 0.478. The second-order valence-electron chi connectivity index (χ2n) is 6.36. The van der Waals surface area contributed by atoms with Gasteiger partial charge in [0.2, 0.25) is 10.0 Å². The smallest absolute Gasteiger partial charge is 0.215 e. The van der Waals surface area contributed by atoms with Crippen LogP contribution in [0, 0.1) is 5.92 Å². The standard InChI is InChI=1S/C17H30N4O3S2/c1-3-18-17(20-14-15(2)13-16-5-4-11-25-16)19-6-12-26(22,23)21-7-9-24-10-8-21/h4-5,11,15H,3,6-10,12-14H2,1-2H3,(H2,18,19,20). The van der Waals surface area contributed by atoms with Crippen LogP contribution < -0.4 is 10.6 Å². The molecule has 0 aliphatic carbocycles. The van der Waals surface area contributed by atoms with Crippen LogP contribution in [0.5, 0.6) is 0 Å². The molecule has 0 bridgehead atoms. The number of nitrogens with zero attached hydrogens (tertiary/aromatic N) is 2. The molecule has 26 heavy (non-hydrogen) atoms. The second-order valence-corrected chi connectivity index (χ2v) is 9.48. The lowest BCUT2D eigenvalue weighted by molar-refractivity contribution is 0.0730. The van der Waals surface area contributed by atoms with Crippen LogP contribution in [-0.2, 0) is 21.2 Å². The first-order valence-corrected chi connectivity index (χ1v) is 11.6. The zero-order chi connectivity index (χ0) is 18.8. The summed E-state index contributed by atoms with van der Waals surface area (Å²) >= 11 is 1.77. The van der Waals surface area contributed by atoms with E-state index < -0.39 is 10.0 Å². The van der Waals surface area contributed by atoms with E-state index in [9.17, 15) is 8.42 Å². The lowest BCUT2D eigenvalue weighted by atomic mass is 10.1. The molecule has 1 atom stereocenters. The van der Waals surface area contributed by atoms with Crippen molar-refractivity contribution in [3.63, 3.8) is 0 Å². The molecule has 1 aliphatic rings. The molecule has 2 N–H and O–H groups in total. The lowest BCUT2D eigenvalue weighted by Gasteiger charge is -2.26. The molecule has 0 amide bonds. The molecule has 1 saturated heterocycles. The van der Waals surface area contributed by atoms with Crippen molar-refractivity contribution >= 4 is 27.3 Å². The Morgan fingerprint density at radius 2 is 2.15 bits per heavy atom. The monoisotopic (exact) mass is 402 g/mol. The van der Waals surface area contributed by atoms with Gasteiger partial charge in [0, 0.05) is 37.6 Å². The Hall–Kier alpha value is -1.16. The van der Waals surface area contributed by atoms with E-state index in [1.165, 1.54) is 9.18 Å². The van der Waals surface area contributed by atoms with E-state index in [4.69, 9.17) is 4.74 Å². The number of sulfonamides is 1. The van der Waals surface area contributed by atoms with Crippen LogP contribution in [-0.4, -0.2) is 70.4 Å². The van der Waals surface area contributed by atoms with E-state index in [-0.39, 0.29) is 5.75 Å². The third-order valence-corrected chi connectivity index (χ3v) is 6.82. The largest absolute Gasteiger partial charge is 0.379 e. The zero-order valence-electron chi connectivity index (χ0n) is 15.6. The Morgan fingerprint density at radius 3 is 2.81 bits per heavy atom.